The molecule has 2 atom stereocenters. The average Bonchev–Trinajstić information content (AvgIpc) is 3.88. The molecule has 2 amide bonds. The third-order valence-electron chi connectivity index (χ3n) is 8.54. The zero-order valence-electron chi connectivity index (χ0n) is 21.6. The highest BCUT2D eigenvalue weighted by atomic mass is 16.4. The van der Waals surface area contributed by atoms with E-state index in [0.29, 0.717) is 26.1 Å². The molecule has 3 aromatic carbocycles. The lowest BCUT2D eigenvalue weighted by molar-refractivity contribution is -0.137. The van der Waals surface area contributed by atoms with Crippen molar-refractivity contribution in [1.82, 2.24) is 10.2 Å². The van der Waals surface area contributed by atoms with Crippen LogP contribution in [0.25, 0.3) is 11.1 Å². The molecule has 1 heterocycles. The molecule has 0 bridgehead atoms. The Morgan fingerprint density at radius 3 is 2.53 bits per heavy atom. The topological polar surface area (TPSA) is 86.7 Å². The summed E-state index contributed by atoms with van der Waals surface area (Å²) in [4.78, 5) is 39.8. The minimum Gasteiger partial charge on any atom is -0.478 e. The maximum absolute atomic E-state index is 13.2. The number of carboxylic acids is 1. The largest absolute Gasteiger partial charge is 0.478 e. The lowest BCUT2D eigenvalue weighted by Crippen LogP contribution is -2.40. The van der Waals surface area contributed by atoms with Gasteiger partial charge in [-0.3, -0.25) is 9.59 Å². The van der Waals surface area contributed by atoms with Crippen LogP contribution >= 0.6 is 0 Å². The molecule has 6 nitrogen and oxygen atoms in total. The summed E-state index contributed by atoms with van der Waals surface area (Å²) in [7, 11) is 0. The number of amides is 2. The van der Waals surface area contributed by atoms with Crippen molar-refractivity contribution in [2.75, 3.05) is 6.54 Å². The van der Waals surface area contributed by atoms with Crippen LogP contribution in [0.15, 0.2) is 66.7 Å². The van der Waals surface area contributed by atoms with Gasteiger partial charge in [0.2, 0.25) is 11.8 Å². The number of aromatic carboxylic acids is 1. The van der Waals surface area contributed by atoms with Gasteiger partial charge in [-0.25, -0.2) is 4.79 Å². The van der Waals surface area contributed by atoms with Gasteiger partial charge in [-0.2, -0.15) is 0 Å². The number of carboxylic acid groups (broad SMARTS) is 1. The maximum atomic E-state index is 13.2. The standard InChI is InChI=1S/C32H32N2O4/c1-32(13-14-32)31(38)34-15-12-25-24(21-8-5-9-22(16-21)30(36)37)11-10-23(28(25)19-34)18-33-29(35)27-17-26(27)20-6-3-2-4-7-20/h2-11,16,26-27H,12-15,17-19H2,1H3,(H,33,35)(H,36,37). The van der Waals surface area contributed by atoms with Gasteiger partial charge in [0.1, 0.15) is 0 Å². The third kappa shape index (κ3) is 4.60. The number of rotatable bonds is 7. The maximum Gasteiger partial charge on any atom is 0.335 e. The van der Waals surface area contributed by atoms with Crippen molar-refractivity contribution in [3.8, 4) is 11.1 Å². The van der Waals surface area contributed by atoms with Crippen LogP contribution in [-0.4, -0.2) is 34.3 Å². The Morgan fingerprint density at radius 2 is 1.79 bits per heavy atom. The lowest BCUT2D eigenvalue weighted by Gasteiger charge is -2.33. The highest BCUT2D eigenvalue weighted by molar-refractivity contribution is 5.90. The van der Waals surface area contributed by atoms with Gasteiger partial charge in [-0.1, -0.05) is 61.5 Å². The van der Waals surface area contributed by atoms with Crippen molar-refractivity contribution >= 4 is 17.8 Å². The van der Waals surface area contributed by atoms with Crippen molar-refractivity contribution in [3.63, 3.8) is 0 Å². The normalized spacial score (nSPS) is 20.8. The van der Waals surface area contributed by atoms with Crippen molar-refractivity contribution < 1.29 is 19.5 Å². The highest BCUT2D eigenvalue weighted by Crippen LogP contribution is 2.48. The Morgan fingerprint density at radius 1 is 1.00 bits per heavy atom. The molecule has 6 heteroatoms. The molecule has 2 fully saturated rings. The summed E-state index contributed by atoms with van der Waals surface area (Å²) in [6, 6.07) is 21.2. The number of benzene rings is 3. The van der Waals surface area contributed by atoms with Crippen LogP contribution in [-0.2, 0) is 29.1 Å². The van der Waals surface area contributed by atoms with E-state index in [-0.39, 0.29) is 34.6 Å². The number of carbonyl (C=O) groups is 3. The molecule has 194 valence electrons. The van der Waals surface area contributed by atoms with Crippen LogP contribution in [0, 0.1) is 11.3 Å². The molecule has 6 rings (SSSR count). The minimum atomic E-state index is -0.955. The summed E-state index contributed by atoms with van der Waals surface area (Å²) in [5, 5.41) is 12.7. The number of nitrogens with one attached hydrogen (secondary N) is 1. The minimum absolute atomic E-state index is 0.000787. The van der Waals surface area contributed by atoms with Crippen molar-refractivity contribution in [3.05, 3.63) is 94.5 Å². The van der Waals surface area contributed by atoms with Gasteiger partial charge in [0.25, 0.3) is 0 Å². The summed E-state index contributed by atoms with van der Waals surface area (Å²) in [5.41, 5.74) is 6.30. The van der Waals surface area contributed by atoms with E-state index in [1.807, 2.05) is 48.2 Å². The second-order valence-electron chi connectivity index (χ2n) is 11.2. The van der Waals surface area contributed by atoms with Crippen LogP contribution in [0.5, 0.6) is 0 Å². The molecule has 2 unspecified atom stereocenters. The summed E-state index contributed by atoms with van der Waals surface area (Å²) in [6.07, 6.45) is 3.44. The third-order valence-corrected chi connectivity index (χ3v) is 8.54. The van der Waals surface area contributed by atoms with E-state index in [0.717, 1.165) is 47.1 Å². The first-order valence-corrected chi connectivity index (χ1v) is 13.4. The second-order valence-corrected chi connectivity index (χ2v) is 11.2. The van der Waals surface area contributed by atoms with Crippen LogP contribution < -0.4 is 5.32 Å². The number of fused-ring (bicyclic) bond motifs is 1. The Bertz CT molecular complexity index is 1430. The van der Waals surface area contributed by atoms with E-state index in [4.69, 9.17) is 0 Å². The number of nitrogens with zero attached hydrogens (tertiary/aromatic N) is 1. The van der Waals surface area contributed by atoms with Crippen molar-refractivity contribution in [1.29, 1.82) is 0 Å². The first-order valence-electron chi connectivity index (χ1n) is 13.4. The molecule has 3 aromatic rings. The zero-order valence-corrected chi connectivity index (χ0v) is 21.6. The second kappa shape index (κ2) is 9.43. The molecule has 38 heavy (non-hydrogen) atoms. The van der Waals surface area contributed by atoms with Gasteiger partial charge in [0, 0.05) is 31.0 Å². The molecule has 1 aliphatic heterocycles. The molecule has 0 saturated heterocycles. The van der Waals surface area contributed by atoms with E-state index in [9.17, 15) is 19.5 Å². The highest BCUT2D eigenvalue weighted by Gasteiger charge is 2.48. The van der Waals surface area contributed by atoms with Crippen molar-refractivity contribution in [2.24, 2.45) is 11.3 Å². The predicted molar refractivity (Wildman–Crippen MR) is 144 cm³/mol. The fourth-order valence-corrected chi connectivity index (χ4v) is 5.82. The Balaban J connectivity index is 1.26. The fraction of sp³-hybridized carbons (Fsp3) is 0.344. The number of hydrogen-bond acceptors (Lipinski definition) is 3. The summed E-state index contributed by atoms with van der Waals surface area (Å²) >= 11 is 0. The molecule has 2 saturated carbocycles. The monoisotopic (exact) mass is 508 g/mol. The van der Waals surface area contributed by atoms with Crippen LogP contribution in [0.3, 0.4) is 0 Å². The summed E-state index contributed by atoms with van der Waals surface area (Å²) < 4.78 is 0. The van der Waals surface area contributed by atoms with E-state index in [1.54, 1.807) is 18.2 Å². The number of hydrogen-bond donors (Lipinski definition) is 2. The SMILES string of the molecule is CC1(C(=O)N2CCc3c(-c4cccc(C(=O)O)c4)ccc(CNC(=O)C4CC4c4ccccc4)c3C2)CC1. The Kier molecular flexibility index (Phi) is 6.05. The molecular weight excluding hydrogens is 476 g/mol. The molecular formula is C32H32N2O4. The summed E-state index contributed by atoms with van der Waals surface area (Å²) in [5.74, 6) is -0.399. The van der Waals surface area contributed by atoms with Crippen LogP contribution in [0.1, 0.15) is 64.7 Å². The molecule has 2 aliphatic carbocycles. The lowest BCUT2D eigenvalue weighted by atomic mass is 9.86. The predicted octanol–water partition coefficient (Wildman–Crippen LogP) is 5.16. The average molecular weight is 509 g/mol. The smallest absolute Gasteiger partial charge is 0.335 e. The molecule has 0 radical (unpaired) electrons. The fourth-order valence-electron chi connectivity index (χ4n) is 5.82. The van der Waals surface area contributed by atoms with E-state index in [1.165, 1.54) is 5.56 Å². The molecule has 3 aliphatic rings. The number of carbonyl (C=O) groups excluding carboxylic acids is 2. The first kappa shape index (κ1) is 24.4. The Labute approximate surface area is 222 Å². The van der Waals surface area contributed by atoms with Gasteiger partial charge in [-0.15, -0.1) is 0 Å². The Hall–Kier alpha value is -3.93. The van der Waals surface area contributed by atoms with E-state index < -0.39 is 5.97 Å². The van der Waals surface area contributed by atoms with Gasteiger partial charge in [0.05, 0.1) is 5.56 Å². The van der Waals surface area contributed by atoms with E-state index in [2.05, 4.69) is 17.4 Å². The molecule has 0 spiro atoms. The van der Waals surface area contributed by atoms with Crippen LogP contribution in [0.4, 0.5) is 0 Å². The molecule has 2 N–H and O–H groups in total. The molecule has 0 aromatic heterocycles. The quantitative estimate of drug-likeness (QED) is 0.462. The zero-order chi connectivity index (χ0) is 26.4. The van der Waals surface area contributed by atoms with Gasteiger partial charge in [-0.05, 0) is 77.1 Å². The first-order chi connectivity index (χ1) is 18.3. The van der Waals surface area contributed by atoms with Gasteiger partial charge >= 0.3 is 5.97 Å². The van der Waals surface area contributed by atoms with Crippen LogP contribution in [0.2, 0.25) is 0 Å². The summed E-state index contributed by atoms with van der Waals surface area (Å²) in [6.45, 7) is 3.60. The van der Waals surface area contributed by atoms with E-state index >= 15 is 0 Å². The van der Waals surface area contributed by atoms with Gasteiger partial charge in [0.15, 0.2) is 0 Å². The van der Waals surface area contributed by atoms with Crippen molar-refractivity contribution in [2.45, 2.75) is 51.6 Å². The van der Waals surface area contributed by atoms with Gasteiger partial charge < -0.3 is 15.3 Å².